The molecule has 9 heteroatoms. The predicted molar refractivity (Wildman–Crippen MR) is 129 cm³/mol. The molecule has 0 bridgehead atoms. The van der Waals surface area contributed by atoms with Crippen LogP contribution < -0.4 is 10.0 Å². The van der Waals surface area contributed by atoms with E-state index in [0.717, 1.165) is 39.4 Å². The summed E-state index contributed by atoms with van der Waals surface area (Å²) in [5, 5.41) is 9.09. The van der Waals surface area contributed by atoms with Gasteiger partial charge in [-0.2, -0.15) is 5.10 Å². The van der Waals surface area contributed by atoms with Crippen molar-refractivity contribution in [3.05, 3.63) is 77.5 Å². The average Bonchev–Trinajstić information content (AvgIpc) is 3.15. The van der Waals surface area contributed by atoms with Crippen LogP contribution in [0, 0.1) is 13.8 Å². The van der Waals surface area contributed by atoms with Crippen LogP contribution >= 0.6 is 0 Å². The fraction of sp³-hybridized carbons (Fsp3) is 0.250. The minimum atomic E-state index is -3.55. The van der Waals surface area contributed by atoms with E-state index in [1.165, 1.54) is 7.11 Å². The Morgan fingerprint density at radius 1 is 1.03 bits per heavy atom. The number of hydrogen-bond acceptors (Lipinski definition) is 6. The molecule has 0 aliphatic rings. The van der Waals surface area contributed by atoms with E-state index >= 15 is 0 Å². The fourth-order valence-electron chi connectivity index (χ4n) is 3.68. The van der Waals surface area contributed by atoms with Gasteiger partial charge in [0.05, 0.1) is 22.9 Å². The van der Waals surface area contributed by atoms with E-state index in [9.17, 15) is 8.42 Å². The highest BCUT2D eigenvalue weighted by Crippen LogP contribution is 2.26. The SMILES string of the molecule is COCCNS(=O)(=O)c1ccc(CNc2cc(C)c3c(C)nn(-c4ccccc4)c3n2)cc1. The van der Waals surface area contributed by atoms with Crippen LogP contribution in [0.2, 0.25) is 0 Å². The summed E-state index contributed by atoms with van der Waals surface area (Å²) in [5.74, 6) is 0.731. The van der Waals surface area contributed by atoms with E-state index in [1.54, 1.807) is 24.3 Å². The second-order valence-electron chi connectivity index (χ2n) is 7.74. The number of ether oxygens (including phenoxy) is 1. The Balaban J connectivity index is 1.53. The van der Waals surface area contributed by atoms with Crippen molar-refractivity contribution in [2.24, 2.45) is 0 Å². The molecule has 0 radical (unpaired) electrons. The van der Waals surface area contributed by atoms with E-state index in [4.69, 9.17) is 14.8 Å². The molecule has 0 aliphatic heterocycles. The summed E-state index contributed by atoms with van der Waals surface area (Å²) in [4.78, 5) is 5.04. The first-order valence-corrected chi connectivity index (χ1v) is 12.1. The van der Waals surface area contributed by atoms with Gasteiger partial charge in [-0.25, -0.2) is 22.8 Å². The van der Waals surface area contributed by atoms with Crippen LogP contribution in [0.15, 0.2) is 65.6 Å². The van der Waals surface area contributed by atoms with E-state index < -0.39 is 10.0 Å². The van der Waals surface area contributed by atoms with Crippen molar-refractivity contribution in [1.29, 1.82) is 0 Å². The lowest BCUT2D eigenvalue weighted by molar-refractivity contribution is 0.204. The third-order valence-electron chi connectivity index (χ3n) is 5.32. The van der Waals surface area contributed by atoms with Gasteiger partial charge in [0.2, 0.25) is 10.0 Å². The fourth-order valence-corrected chi connectivity index (χ4v) is 4.70. The third kappa shape index (κ3) is 5.05. The molecule has 2 aromatic carbocycles. The number of benzene rings is 2. The van der Waals surface area contributed by atoms with Gasteiger partial charge in [0.1, 0.15) is 5.82 Å². The zero-order chi connectivity index (χ0) is 23.4. The van der Waals surface area contributed by atoms with E-state index in [-0.39, 0.29) is 11.4 Å². The van der Waals surface area contributed by atoms with Gasteiger partial charge in [0.15, 0.2) is 5.65 Å². The molecule has 33 heavy (non-hydrogen) atoms. The molecule has 2 aromatic heterocycles. The number of pyridine rings is 1. The van der Waals surface area contributed by atoms with Crippen molar-refractivity contribution < 1.29 is 13.2 Å². The van der Waals surface area contributed by atoms with Crippen molar-refractivity contribution in [3.8, 4) is 5.69 Å². The van der Waals surface area contributed by atoms with Crippen molar-refractivity contribution in [2.75, 3.05) is 25.6 Å². The highest BCUT2D eigenvalue weighted by Gasteiger charge is 2.15. The smallest absolute Gasteiger partial charge is 0.240 e. The summed E-state index contributed by atoms with van der Waals surface area (Å²) in [6, 6.07) is 18.7. The van der Waals surface area contributed by atoms with Gasteiger partial charge in [-0.05, 0) is 55.3 Å². The summed E-state index contributed by atoms with van der Waals surface area (Å²) in [5.41, 5.74) is 4.71. The minimum absolute atomic E-state index is 0.222. The number of anilines is 1. The number of sulfonamides is 1. The van der Waals surface area contributed by atoms with Gasteiger partial charge in [-0.1, -0.05) is 30.3 Å². The number of nitrogens with one attached hydrogen (secondary N) is 2. The molecule has 0 atom stereocenters. The zero-order valence-corrected chi connectivity index (χ0v) is 19.7. The van der Waals surface area contributed by atoms with Crippen LogP contribution in [0.4, 0.5) is 5.82 Å². The molecule has 0 amide bonds. The first kappa shape index (κ1) is 22.9. The molecular weight excluding hydrogens is 438 g/mol. The second-order valence-corrected chi connectivity index (χ2v) is 9.51. The van der Waals surface area contributed by atoms with Crippen LogP contribution in [0.1, 0.15) is 16.8 Å². The van der Waals surface area contributed by atoms with Crippen molar-refractivity contribution in [3.63, 3.8) is 0 Å². The Hall–Kier alpha value is -3.27. The van der Waals surface area contributed by atoms with E-state index in [0.29, 0.717) is 13.2 Å². The monoisotopic (exact) mass is 465 g/mol. The topological polar surface area (TPSA) is 98.1 Å². The normalized spacial score (nSPS) is 11.7. The molecule has 0 unspecified atom stereocenters. The third-order valence-corrected chi connectivity index (χ3v) is 6.79. The van der Waals surface area contributed by atoms with Crippen LogP contribution in [0.3, 0.4) is 0 Å². The highest BCUT2D eigenvalue weighted by atomic mass is 32.2. The Labute approximate surface area is 193 Å². The molecular formula is C24H27N5O3S. The second kappa shape index (κ2) is 9.70. The summed E-state index contributed by atoms with van der Waals surface area (Å²) in [6.45, 7) is 5.10. The largest absolute Gasteiger partial charge is 0.383 e. The van der Waals surface area contributed by atoms with Crippen LogP contribution in [-0.4, -0.2) is 43.4 Å². The number of methoxy groups -OCH3 is 1. The molecule has 0 saturated heterocycles. The van der Waals surface area contributed by atoms with Crippen LogP contribution in [0.25, 0.3) is 16.7 Å². The number of para-hydroxylation sites is 1. The predicted octanol–water partition coefficient (Wildman–Crippen LogP) is 3.57. The first-order valence-electron chi connectivity index (χ1n) is 10.6. The van der Waals surface area contributed by atoms with Gasteiger partial charge in [0, 0.05) is 25.6 Å². The lowest BCUT2D eigenvalue weighted by Crippen LogP contribution is -2.27. The summed E-state index contributed by atoms with van der Waals surface area (Å²) in [6.07, 6.45) is 0. The van der Waals surface area contributed by atoms with Crippen molar-refractivity contribution in [1.82, 2.24) is 19.5 Å². The summed E-state index contributed by atoms with van der Waals surface area (Å²) >= 11 is 0. The number of hydrogen-bond donors (Lipinski definition) is 2. The quantitative estimate of drug-likeness (QED) is 0.367. The number of nitrogens with zero attached hydrogens (tertiary/aromatic N) is 3. The molecule has 0 aliphatic carbocycles. The van der Waals surface area contributed by atoms with Crippen LogP contribution in [-0.2, 0) is 21.3 Å². The van der Waals surface area contributed by atoms with E-state index in [2.05, 4.69) is 17.0 Å². The van der Waals surface area contributed by atoms with Crippen molar-refractivity contribution in [2.45, 2.75) is 25.3 Å². The van der Waals surface area contributed by atoms with Gasteiger partial charge < -0.3 is 10.1 Å². The van der Waals surface area contributed by atoms with Gasteiger partial charge in [-0.15, -0.1) is 0 Å². The van der Waals surface area contributed by atoms with E-state index in [1.807, 2.05) is 48.0 Å². The lowest BCUT2D eigenvalue weighted by atomic mass is 10.1. The molecule has 4 aromatic rings. The van der Waals surface area contributed by atoms with Crippen LogP contribution in [0.5, 0.6) is 0 Å². The number of rotatable bonds is 9. The molecule has 172 valence electrons. The maximum atomic E-state index is 12.3. The summed E-state index contributed by atoms with van der Waals surface area (Å²) in [7, 11) is -2.02. The Morgan fingerprint density at radius 2 is 1.76 bits per heavy atom. The molecule has 2 N–H and O–H groups in total. The molecule has 4 rings (SSSR count). The van der Waals surface area contributed by atoms with Gasteiger partial charge in [0.25, 0.3) is 0 Å². The maximum Gasteiger partial charge on any atom is 0.240 e. The molecule has 0 fully saturated rings. The number of fused-ring (bicyclic) bond motifs is 1. The number of aryl methyl sites for hydroxylation is 2. The Kier molecular flexibility index (Phi) is 6.73. The molecule has 0 saturated carbocycles. The molecule has 2 heterocycles. The molecule has 0 spiro atoms. The highest BCUT2D eigenvalue weighted by molar-refractivity contribution is 7.89. The maximum absolute atomic E-state index is 12.3. The minimum Gasteiger partial charge on any atom is -0.383 e. The van der Waals surface area contributed by atoms with Gasteiger partial charge in [-0.3, -0.25) is 0 Å². The summed E-state index contributed by atoms with van der Waals surface area (Å²) < 4.78 is 33.9. The molecule has 8 nitrogen and oxygen atoms in total. The Bertz CT molecular complexity index is 1350. The lowest BCUT2D eigenvalue weighted by Gasteiger charge is -2.10. The first-order chi connectivity index (χ1) is 15.9. The number of aromatic nitrogens is 3. The van der Waals surface area contributed by atoms with Crippen molar-refractivity contribution >= 4 is 26.9 Å². The average molecular weight is 466 g/mol. The van der Waals surface area contributed by atoms with Gasteiger partial charge >= 0.3 is 0 Å². The Morgan fingerprint density at radius 3 is 2.45 bits per heavy atom. The standard InChI is InChI=1S/C24H27N5O3S/c1-17-15-22(27-24-23(17)18(2)28-29(24)20-7-5-4-6-8-20)25-16-19-9-11-21(12-10-19)33(30,31)26-13-14-32-3/h4-12,15,26H,13-14,16H2,1-3H3,(H,25,27). The zero-order valence-electron chi connectivity index (χ0n) is 18.9.